The van der Waals surface area contributed by atoms with Gasteiger partial charge < -0.3 is 16.0 Å². The van der Waals surface area contributed by atoms with E-state index < -0.39 is 111 Å². The van der Waals surface area contributed by atoms with E-state index in [4.69, 9.17) is 118 Å². The number of halogens is 12. The van der Waals surface area contributed by atoms with Gasteiger partial charge in [-0.1, -0.05) is 104 Å². The fourth-order valence-corrected chi connectivity index (χ4v) is 7.57. The van der Waals surface area contributed by atoms with Gasteiger partial charge in [0, 0.05) is 0 Å². The van der Waals surface area contributed by atoms with E-state index in [0.29, 0.717) is 0 Å². The number of benzene rings is 3. The molecule has 3 aromatic heterocycles. The number of anilines is 3. The van der Waals surface area contributed by atoms with Gasteiger partial charge in [0.25, 0.3) is 17.7 Å². The number of phosphoric acid groups is 1. The second-order valence-electron chi connectivity index (χ2n) is 11.8. The number of hydrogen-bond donors (Lipinski definition) is 3. The van der Waals surface area contributed by atoms with E-state index in [2.05, 4.69) is 31.2 Å². The molecule has 0 unspecified atom stereocenters. The molecule has 6 rings (SSSR count). The third-order valence-electron chi connectivity index (χ3n) is 7.71. The Morgan fingerprint density at radius 2 is 0.758 bits per heavy atom. The second kappa shape index (κ2) is 19.9. The molecule has 0 fully saturated rings. The highest BCUT2D eigenvalue weighted by atomic mass is 35.5. The van der Waals surface area contributed by atoms with Gasteiger partial charge in [-0.05, 0) is 54.6 Å². The molecule has 326 valence electrons. The van der Waals surface area contributed by atoms with E-state index in [0.717, 1.165) is 50.4 Å². The lowest BCUT2D eigenvalue weighted by molar-refractivity contribution is 0.0458. The molecular formula is C33H18Cl9F3N9O7P. The van der Waals surface area contributed by atoms with Crippen LogP contribution < -0.4 is 16.0 Å². The zero-order valence-corrected chi connectivity index (χ0v) is 37.5. The Morgan fingerprint density at radius 1 is 0.500 bits per heavy atom. The van der Waals surface area contributed by atoms with Crippen molar-refractivity contribution in [3.63, 3.8) is 0 Å². The molecule has 3 amide bonds. The molecule has 62 heavy (non-hydrogen) atoms. The standard InChI is InChI=1S/C33H18Cl9F3N9O7P/c34-16-7-13(43)1-4-19(16)46-31(55)25-22(37)28(40)52(49-25)10-59-62(58,60-11-53-29(41)23(38)26(50-53)32(56)47-20-5-2-14(44)8-17(20)35)61-12-54-30(42)24(39)27(51-54)33(57)48-21-6-3-15(45)9-18(21)36/h1-9H,10-12H2,(H,46,55)(H,47,56)(H,48,57). The lowest BCUT2D eigenvalue weighted by Gasteiger charge is -2.18. The number of rotatable bonds is 15. The highest BCUT2D eigenvalue weighted by molar-refractivity contribution is 7.48. The first kappa shape index (κ1) is 47.7. The van der Waals surface area contributed by atoms with E-state index in [1.165, 1.54) is 18.2 Å². The van der Waals surface area contributed by atoms with E-state index in [-0.39, 0.29) is 32.1 Å². The summed E-state index contributed by atoms with van der Waals surface area (Å²) in [7, 11) is -5.01. The summed E-state index contributed by atoms with van der Waals surface area (Å²) in [5, 5.41) is 16.2. The lowest BCUT2D eigenvalue weighted by atomic mass is 10.3. The Morgan fingerprint density at radius 3 is 1.00 bits per heavy atom. The first-order chi connectivity index (χ1) is 29.2. The topological polar surface area (TPSA) is 186 Å². The van der Waals surface area contributed by atoms with Gasteiger partial charge in [-0.25, -0.2) is 31.8 Å². The van der Waals surface area contributed by atoms with Crippen LogP contribution in [0.3, 0.4) is 0 Å². The van der Waals surface area contributed by atoms with Crippen LogP contribution in [0.4, 0.5) is 30.2 Å². The van der Waals surface area contributed by atoms with Gasteiger partial charge in [-0.15, -0.1) is 0 Å². The first-order valence-corrected chi connectivity index (χ1v) is 21.2. The highest BCUT2D eigenvalue weighted by Gasteiger charge is 2.33. The fraction of sp³-hybridized carbons (Fsp3) is 0.0909. The molecule has 3 heterocycles. The van der Waals surface area contributed by atoms with Gasteiger partial charge in [-0.3, -0.25) is 28.0 Å². The molecule has 0 saturated carbocycles. The Bertz CT molecular complexity index is 2520. The van der Waals surface area contributed by atoms with Gasteiger partial charge in [0.1, 0.15) is 48.0 Å². The Labute approximate surface area is 390 Å². The molecular weight excluding hydrogens is 1040 g/mol. The molecule has 0 atom stereocenters. The van der Waals surface area contributed by atoms with Gasteiger partial charge >= 0.3 is 7.82 Å². The smallest absolute Gasteiger partial charge is 0.319 e. The number of hydrogen-bond acceptors (Lipinski definition) is 10. The largest absolute Gasteiger partial charge is 0.480 e. The molecule has 16 nitrogen and oxygen atoms in total. The van der Waals surface area contributed by atoms with Crippen LogP contribution in [0, 0.1) is 17.5 Å². The van der Waals surface area contributed by atoms with Crippen molar-refractivity contribution in [2.45, 2.75) is 20.2 Å². The van der Waals surface area contributed by atoms with Gasteiger partial charge in [0.05, 0.1) is 32.1 Å². The van der Waals surface area contributed by atoms with Gasteiger partial charge in [0.15, 0.2) is 37.3 Å². The molecule has 3 N–H and O–H groups in total. The molecule has 3 aromatic carbocycles. The van der Waals surface area contributed by atoms with E-state index in [1.807, 2.05) is 0 Å². The van der Waals surface area contributed by atoms with E-state index in [1.54, 1.807) is 0 Å². The Balaban J connectivity index is 1.24. The maximum absolute atomic E-state index is 14.3. The molecule has 0 aliphatic heterocycles. The minimum absolute atomic E-state index is 0.00286. The van der Waals surface area contributed by atoms with Gasteiger partial charge in [0.2, 0.25) is 0 Å². The summed E-state index contributed by atoms with van der Waals surface area (Å²) >= 11 is 55.8. The van der Waals surface area contributed by atoms with Crippen LogP contribution in [0.5, 0.6) is 0 Å². The normalized spacial score (nSPS) is 11.5. The van der Waals surface area contributed by atoms with Crippen LogP contribution in [0.15, 0.2) is 54.6 Å². The quantitative estimate of drug-likeness (QED) is 0.0836. The van der Waals surface area contributed by atoms with Crippen LogP contribution in [0.25, 0.3) is 0 Å². The first-order valence-electron chi connectivity index (χ1n) is 16.3. The number of carbonyl (C=O) groups is 3. The average molecular weight is 1060 g/mol. The summed E-state index contributed by atoms with van der Waals surface area (Å²) in [6.45, 7) is -2.75. The zero-order valence-electron chi connectivity index (χ0n) is 29.8. The number of carbonyl (C=O) groups excluding carboxylic acids is 3. The van der Waals surface area contributed by atoms with Crippen LogP contribution in [-0.2, 0) is 38.3 Å². The molecule has 0 spiro atoms. The summed E-state index contributed by atoms with van der Waals surface area (Å²) in [5.41, 5.74) is -1.44. The number of nitrogens with one attached hydrogen (secondary N) is 3. The van der Waals surface area contributed by atoms with Crippen molar-refractivity contribution in [2.24, 2.45) is 0 Å². The summed E-state index contributed by atoms with van der Waals surface area (Å²) < 4.78 is 73.7. The number of nitrogens with zero attached hydrogens (tertiary/aromatic N) is 6. The molecule has 6 aromatic rings. The Kier molecular flexibility index (Phi) is 15.3. The molecule has 0 aliphatic rings. The number of phosphoric ester groups is 1. The number of amides is 3. The second-order valence-corrected chi connectivity index (χ2v) is 16.9. The monoisotopic (exact) mass is 1050 g/mol. The molecule has 0 bridgehead atoms. The maximum Gasteiger partial charge on any atom is 0.480 e. The van der Waals surface area contributed by atoms with Crippen molar-refractivity contribution >= 4 is 147 Å². The number of aromatic nitrogens is 6. The molecule has 29 heteroatoms. The van der Waals surface area contributed by atoms with E-state index in [9.17, 15) is 32.1 Å². The van der Waals surface area contributed by atoms with Crippen molar-refractivity contribution in [3.05, 3.63) is 135 Å². The summed E-state index contributed by atoms with van der Waals surface area (Å²) in [6.07, 6.45) is 0. The fourth-order valence-electron chi connectivity index (χ4n) is 4.76. The molecule has 0 saturated heterocycles. The van der Waals surface area contributed by atoms with Crippen molar-refractivity contribution in [1.29, 1.82) is 0 Å². The van der Waals surface area contributed by atoms with Crippen molar-refractivity contribution in [2.75, 3.05) is 16.0 Å². The molecule has 0 radical (unpaired) electrons. The highest BCUT2D eigenvalue weighted by Crippen LogP contribution is 2.51. The predicted molar refractivity (Wildman–Crippen MR) is 226 cm³/mol. The molecule has 0 aliphatic carbocycles. The van der Waals surface area contributed by atoms with E-state index >= 15 is 0 Å². The zero-order chi connectivity index (χ0) is 45.2. The maximum atomic E-state index is 14.3. The third-order valence-corrected chi connectivity index (χ3v) is 12.5. The van der Waals surface area contributed by atoms with Crippen LogP contribution >= 0.6 is 112 Å². The Hall–Kier alpha value is -3.79. The van der Waals surface area contributed by atoms with Crippen molar-refractivity contribution in [1.82, 2.24) is 29.3 Å². The van der Waals surface area contributed by atoms with Gasteiger partial charge in [-0.2, -0.15) is 15.3 Å². The minimum Gasteiger partial charge on any atom is -0.319 e. The summed E-state index contributed by atoms with van der Waals surface area (Å²) in [6, 6.07) is 9.50. The van der Waals surface area contributed by atoms with Crippen molar-refractivity contribution in [3.8, 4) is 0 Å². The third kappa shape index (κ3) is 10.9. The average Bonchev–Trinajstić information content (AvgIpc) is 3.79. The van der Waals surface area contributed by atoms with Crippen LogP contribution in [0.2, 0.25) is 45.6 Å². The lowest BCUT2D eigenvalue weighted by Crippen LogP contribution is -2.16. The predicted octanol–water partition coefficient (Wildman–Crippen LogP) is 11.8. The van der Waals surface area contributed by atoms with Crippen LogP contribution in [-0.4, -0.2) is 47.1 Å². The van der Waals surface area contributed by atoms with Crippen LogP contribution in [0.1, 0.15) is 31.5 Å². The summed E-state index contributed by atoms with van der Waals surface area (Å²) in [5.74, 6) is -4.85. The van der Waals surface area contributed by atoms with Crippen molar-refractivity contribution < 1.29 is 45.7 Å². The minimum atomic E-state index is -5.01. The SMILES string of the molecule is O=C(Nc1ccc(F)cc1Cl)c1nn(COP(=O)(OCn2nc(C(=O)Nc3ccc(F)cc3Cl)c(Cl)c2Cl)OCn2nc(C(=O)Nc3ccc(F)cc3Cl)c(Cl)c2Cl)c(Cl)c1Cl. The summed E-state index contributed by atoms with van der Waals surface area (Å²) in [4.78, 5) is 39.1.